The Morgan fingerprint density at radius 2 is 2.10 bits per heavy atom. The molecular weight excluding hydrogens is 411 g/mol. The van der Waals surface area contributed by atoms with Crippen molar-refractivity contribution in [1.82, 2.24) is 20.1 Å². The lowest BCUT2D eigenvalue weighted by Crippen LogP contribution is -2.76. The van der Waals surface area contributed by atoms with E-state index in [1.165, 1.54) is 24.5 Å². The molecule has 31 heavy (non-hydrogen) atoms. The molecule has 2 heterocycles. The van der Waals surface area contributed by atoms with Gasteiger partial charge in [-0.25, -0.2) is 9.78 Å². The van der Waals surface area contributed by atoms with Gasteiger partial charge in [0.05, 0.1) is 23.4 Å². The summed E-state index contributed by atoms with van der Waals surface area (Å²) in [4.78, 5) is 18.9. The van der Waals surface area contributed by atoms with Crippen molar-refractivity contribution in [3.05, 3.63) is 36.2 Å². The summed E-state index contributed by atoms with van der Waals surface area (Å²) in [7, 11) is 1.62. The second-order valence-electron chi connectivity index (χ2n) is 8.41. The van der Waals surface area contributed by atoms with Crippen LogP contribution in [0.5, 0.6) is 0 Å². The highest BCUT2D eigenvalue weighted by Gasteiger charge is 2.61. The highest BCUT2D eigenvalue weighted by molar-refractivity contribution is 5.92. The number of aromatic nitrogens is 3. The van der Waals surface area contributed by atoms with Crippen LogP contribution in [0.1, 0.15) is 38.7 Å². The van der Waals surface area contributed by atoms with E-state index in [-0.39, 0.29) is 35.3 Å². The minimum absolute atomic E-state index is 0.0944. The van der Waals surface area contributed by atoms with Gasteiger partial charge in [0, 0.05) is 30.6 Å². The molecule has 1 saturated heterocycles. The molecule has 2 aromatic rings. The van der Waals surface area contributed by atoms with Crippen molar-refractivity contribution in [2.24, 2.45) is 5.92 Å². The molecule has 0 spiro atoms. The van der Waals surface area contributed by atoms with Gasteiger partial charge < -0.3 is 15.0 Å². The normalized spacial score (nSPS) is 26.2. The van der Waals surface area contributed by atoms with E-state index in [9.17, 15) is 18.0 Å². The fourth-order valence-electron chi connectivity index (χ4n) is 5.09. The van der Waals surface area contributed by atoms with Gasteiger partial charge in [0.1, 0.15) is 0 Å². The molecule has 0 unspecified atom stereocenters. The van der Waals surface area contributed by atoms with Crippen LogP contribution in [0.3, 0.4) is 0 Å². The first-order valence-electron chi connectivity index (χ1n) is 10.1. The molecule has 1 N–H and O–H groups in total. The number of hydrogen-bond donors (Lipinski definition) is 1. The Morgan fingerprint density at radius 3 is 2.74 bits per heavy atom. The molecule has 0 radical (unpaired) electrons. The van der Waals surface area contributed by atoms with Crippen molar-refractivity contribution < 1.29 is 22.7 Å². The minimum Gasteiger partial charge on any atom is -0.379 e. The number of anilines is 1. The van der Waals surface area contributed by atoms with Crippen LogP contribution in [-0.4, -0.2) is 50.9 Å². The third-order valence-electron chi connectivity index (χ3n) is 6.44. The molecule has 2 bridgehead atoms. The number of rotatable bonds is 4. The molecule has 166 valence electrons. The standard InChI is InChI=1S/C21H24F3N5O2/c1-12-8-15-11-20(10-12,13(2)31-3)29(15)19(30)27-14-4-5-17(21(22,23)24)16(9-14)18-25-6-7-26-28-18/h4-7,9,12-13,15H,8,10-11H2,1-3H3,(H,27,30)/t12-,13+,15+,20-/m0/s1. The lowest BCUT2D eigenvalue weighted by Gasteiger charge is -2.65. The van der Waals surface area contributed by atoms with Gasteiger partial charge in [-0.15, -0.1) is 5.10 Å². The van der Waals surface area contributed by atoms with Gasteiger partial charge in [-0.05, 0) is 50.3 Å². The zero-order valence-corrected chi connectivity index (χ0v) is 17.5. The Morgan fingerprint density at radius 1 is 1.32 bits per heavy atom. The number of methoxy groups -OCH3 is 1. The second-order valence-corrected chi connectivity index (χ2v) is 8.41. The minimum atomic E-state index is -4.60. The van der Waals surface area contributed by atoms with E-state index in [0.717, 1.165) is 25.3 Å². The molecule has 4 atom stereocenters. The van der Waals surface area contributed by atoms with Crippen molar-refractivity contribution in [2.45, 2.75) is 57.0 Å². The van der Waals surface area contributed by atoms with Gasteiger partial charge in [-0.2, -0.15) is 18.3 Å². The Hall–Kier alpha value is -2.75. The number of nitrogens with zero attached hydrogens (tertiary/aromatic N) is 4. The van der Waals surface area contributed by atoms with E-state index in [1.54, 1.807) is 12.0 Å². The number of nitrogens with one attached hydrogen (secondary N) is 1. The fourth-order valence-corrected chi connectivity index (χ4v) is 5.09. The summed E-state index contributed by atoms with van der Waals surface area (Å²) in [5.41, 5.74) is -1.30. The fraction of sp³-hybridized carbons (Fsp3) is 0.524. The number of benzene rings is 1. The maximum Gasteiger partial charge on any atom is 0.417 e. The molecule has 1 saturated carbocycles. The average Bonchev–Trinajstić information content (AvgIpc) is 2.72. The van der Waals surface area contributed by atoms with Crippen LogP contribution in [0.2, 0.25) is 0 Å². The van der Waals surface area contributed by atoms with Crippen LogP contribution in [0, 0.1) is 5.92 Å². The lowest BCUT2D eigenvalue weighted by atomic mass is 9.62. The van der Waals surface area contributed by atoms with Crippen molar-refractivity contribution >= 4 is 11.7 Å². The van der Waals surface area contributed by atoms with Crippen molar-refractivity contribution in [2.75, 3.05) is 12.4 Å². The molecule has 2 fully saturated rings. The van der Waals surface area contributed by atoms with E-state index >= 15 is 0 Å². The molecule has 1 aromatic carbocycles. The first-order chi connectivity index (χ1) is 14.7. The Labute approximate surface area is 178 Å². The van der Waals surface area contributed by atoms with Gasteiger partial charge >= 0.3 is 12.2 Å². The van der Waals surface area contributed by atoms with Gasteiger partial charge in [-0.3, -0.25) is 0 Å². The molecular formula is C21H24F3N5O2. The summed E-state index contributed by atoms with van der Waals surface area (Å²) in [6.45, 7) is 4.11. The van der Waals surface area contributed by atoms with Crippen LogP contribution in [0.4, 0.5) is 23.7 Å². The van der Waals surface area contributed by atoms with Crippen molar-refractivity contribution in [1.29, 1.82) is 0 Å². The molecule has 4 rings (SSSR count). The number of carbonyl (C=O) groups is 1. The number of ether oxygens (including phenoxy) is 1. The number of hydrogen-bond acceptors (Lipinski definition) is 5. The maximum absolute atomic E-state index is 13.5. The summed E-state index contributed by atoms with van der Waals surface area (Å²) in [5.74, 6) is 0.311. The highest BCUT2D eigenvalue weighted by Crippen LogP contribution is 2.52. The van der Waals surface area contributed by atoms with E-state index in [0.29, 0.717) is 5.92 Å². The van der Waals surface area contributed by atoms with E-state index in [2.05, 4.69) is 27.4 Å². The summed E-state index contributed by atoms with van der Waals surface area (Å²) in [6.07, 6.45) is 0.390. The number of urea groups is 1. The smallest absolute Gasteiger partial charge is 0.379 e. The van der Waals surface area contributed by atoms with Crippen LogP contribution in [0.25, 0.3) is 11.4 Å². The van der Waals surface area contributed by atoms with Gasteiger partial charge in [0.25, 0.3) is 0 Å². The van der Waals surface area contributed by atoms with Gasteiger partial charge in [0.2, 0.25) is 0 Å². The van der Waals surface area contributed by atoms with Crippen LogP contribution < -0.4 is 5.32 Å². The molecule has 7 nitrogen and oxygen atoms in total. The summed E-state index contributed by atoms with van der Waals surface area (Å²) in [5, 5.41) is 10.1. The molecule has 10 heteroatoms. The van der Waals surface area contributed by atoms with Crippen molar-refractivity contribution in [3.8, 4) is 11.4 Å². The Balaban J connectivity index is 1.63. The lowest BCUT2D eigenvalue weighted by molar-refractivity contribution is -0.155. The van der Waals surface area contributed by atoms with E-state index < -0.39 is 17.3 Å². The van der Waals surface area contributed by atoms with Crippen LogP contribution in [-0.2, 0) is 10.9 Å². The highest BCUT2D eigenvalue weighted by atomic mass is 19.4. The zero-order chi connectivity index (χ0) is 22.4. The number of halogens is 3. The molecule has 2 aliphatic rings. The second kappa shape index (κ2) is 7.74. The predicted molar refractivity (Wildman–Crippen MR) is 107 cm³/mol. The van der Waals surface area contributed by atoms with Crippen LogP contribution >= 0.6 is 0 Å². The summed E-state index contributed by atoms with van der Waals surface area (Å²) in [6, 6.07) is 3.16. The number of fused-ring (bicyclic) bond motifs is 2. The number of carbonyl (C=O) groups excluding carboxylic acids is 1. The zero-order valence-electron chi connectivity index (χ0n) is 17.5. The molecule has 1 aliphatic heterocycles. The number of piperidine rings is 1. The predicted octanol–water partition coefficient (Wildman–Crippen LogP) is 4.37. The quantitative estimate of drug-likeness (QED) is 0.772. The SMILES string of the molecule is CO[C@H](C)[C@]12C[C@@H](C)C[C@H](C1)N2C(=O)Nc1ccc(C(F)(F)F)c(-c2nccnn2)c1. The van der Waals surface area contributed by atoms with E-state index in [1.807, 2.05) is 6.92 Å². The topological polar surface area (TPSA) is 80.2 Å². The third kappa shape index (κ3) is 3.73. The largest absolute Gasteiger partial charge is 0.417 e. The van der Waals surface area contributed by atoms with E-state index in [4.69, 9.17) is 4.74 Å². The average molecular weight is 435 g/mol. The van der Waals surface area contributed by atoms with Crippen LogP contribution in [0.15, 0.2) is 30.6 Å². The summed E-state index contributed by atoms with van der Waals surface area (Å²) < 4.78 is 46.1. The van der Waals surface area contributed by atoms with Gasteiger partial charge in [-0.1, -0.05) is 6.92 Å². The number of amides is 2. The third-order valence-corrected chi connectivity index (χ3v) is 6.44. The Bertz CT molecular complexity index is 971. The molecule has 1 aliphatic carbocycles. The summed E-state index contributed by atoms with van der Waals surface area (Å²) >= 11 is 0. The number of likely N-dealkylation sites (tertiary alicyclic amines) is 1. The monoisotopic (exact) mass is 435 g/mol. The number of alkyl halides is 3. The first-order valence-corrected chi connectivity index (χ1v) is 10.1. The Kier molecular flexibility index (Phi) is 5.36. The molecule has 1 aromatic heterocycles. The maximum atomic E-state index is 13.5. The van der Waals surface area contributed by atoms with Gasteiger partial charge in [0.15, 0.2) is 5.82 Å². The van der Waals surface area contributed by atoms with Crippen molar-refractivity contribution in [3.63, 3.8) is 0 Å². The first kappa shape index (κ1) is 21.5. The molecule has 2 amide bonds.